The molecular weight excluding hydrogens is 268 g/mol. The molecule has 1 aliphatic rings. The third-order valence-corrected chi connectivity index (χ3v) is 3.85. The van der Waals surface area contributed by atoms with Gasteiger partial charge in [0.1, 0.15) is 5.82 Å². The number of para-hydroxylation sites is 1. The Morgan fingerprint density at radius 1 is 1.48 bits per heavy atom. The summed E-state index contributed by atoms with van der Waals surface area (Å²) in [7, 11) is 0. The molecule has 1 aromatic carbocycles. The number of carbonyl (C=O) groups is 1. The van der Waals surface area contributed by atoms with Crippen LogP contribution in [0, 0.1) is 0 Å². The number of benzene rings is 1. The summed E-state index contributed by atoms with van der Waals surface area (Å²) >= 11 is 0. The van der Waals surface area contributed by atoms with Crippen molar-refractivity contribution in [3.05, 3.63) is 35.9 Å². The number of morpholine rings is 1. The lowest BCUT2D eigenvalue weighted by atomic mass is 10.1. The van der Waals surface area contributed by atoms with E-state index in [4.69, 9.17) is 4.74 Å². The van der Waals surface area contributed by atoms with E-state index >= 15 is 0 Å². The average molecular weight is 286 g/mol. The number of pyridine rings is 1. The van der Waals surface area contributed by atoms with Gasteiger partial charge in [0, 0.05) is 18.5 Å². The molecule has 5 heteroatoms. The van der Waals surface area contributed by atoms with Gasteiger partial charge in [-0.1, -0.05) is 25.1 Å². The molecule has 0 spiro atoms. The number of aromatic carboxylic acids is 1. The Morgan fingerprint density at radius 2 is 2.29 bits per heavy atom. The number of fused-ring (bicyclic) bond motifs is 1. The van der Waals surface area contributed by atoms with E-state index in [2.05, 4.69) is 16.8 Å². The molecule has 5 nitrogen and oxygen atoms in total. The predicted molar refractivity (Wildman–Crippen MR) is 80.9 cm³/mol. The molecule has 1 fully saturated rings. The van der Waals surface area contributed by atoms with E-state index in [1.165, 1.54) is 0 Å². The molecule has 1 N–H and O–H groups in total. The number of hydrogen-bond acceptors (Lipinski definition) is 4. The molecule has 2 heterocycles. The van der Waals surface area contributed by atoms with Gasteiger partial charge in [0.2, 0.25) is 0 Å². The minimum atomic E-state index is -0.921. The Kier molecular flexibility index (Phi) is 3.75. The average Bonchev–Trinajstić information content (AvgIpc) is 2.53. The first-order chi connectivity index (χ1) is 10.2. The largest absolute Gasteiger partial charge is 0.478 e. The summed E-state index contributed by atoms with van der Waals surface area (Å²) in [6.45, 7) is 4.22. The molecule has 3 rings (SSSR count). The monoisotopic (exact) mass is 286 g/mol. The van der Waals surface area contributed by atoms with Crippen molar-refractivity contribution in [2.75, 3.05) is 24.6 Å². The summed E-state index contributed by atoms with van der Waals surface area (Å²) in [5, 5.41) is 10.1. The van der Waals surface area contributed by atoms with Gasteiger partial charge in [0.25, 0.3) is 0 Å². The smallest absolute Gasteiger partial charge is 0.336 e. The zero-order valence-corrected chi connectivity index (χ0v) is 12.0. The van der Waals surface area contributed by atoms with E-state index in [0.717, 1.165) is 19.5 Å². The minimum absolute atomic E-state index is 0.181. The van der Waals surface area contributed by atoms with E-state index in [0.29, 0.717) is 28.9 Å². The van der Waals surface area contributed by atoms with Gasteiger partial charge >= 0.3 is 5.97 Å². The summed E-state index contributed by atoms with van der Waals surface area (Å²) < 4.78 is 5.66. The molecule has 1 atom stereocenters. The van der Waals surface area contributed by atoms with Crippen molar-refractivity contribution in [2.45, 2.75) is 19.4 Å². The summed E-state index contributed by atoms with van der Waals surface area (Å²) in [5.74, 6) is -0.206. The Balaban J connectivity index is 2.04. The summed E-state index contributed by atoms with van der Waals surface area (Å²) in [6.07, 6.45) is 1.12. The highest BCUT2D eigenvalue weighted by Gasteiger charge is 2.22. The molecule has 2 aromatic rings. The molecule has 110 valence electrons. The molecule has 0 aliphatic carbocycles. The molecule has 0 bridgehead atoms. The van der Waals surface area contributed by atoms with E-state index in [1.54, 1.807) is 12.1 Å². The van der Waals surface area contributed by atoms with Crippen molar-refractivity contribution in [1.82, 2.24) is 4.98 Å². The molecule has 1 aromatic heterocycles. The number of carboxylic acid groups (broad SMARTS) is 1. The number of hydrogen-bond donors (Lipinski definition) is 1. The van der Waals surface area contributed by atoms with Crippen molar-refractivity contribution in [3.8, 4) is 0 Å². The van der Waals surface area contributed by atoms with Crippen LogP contribution in [-0.2, 0) is 4.74 Å². The van der Waals surface area contributed by atoms with Crippen LogP contribution < -0.4 is 4.90 Å². The molecule has 0 amide bonds. The molecule has 0 radical (unpaired) electrons. The van der Waals surface area contributed by atoms with Crippen LogP contribution in [0.4, 0.5) is 5.82 Å². The molecule has 1 aliphatic heterocycles. The normalized spacial score (nSPS) is 18.9. The van der Waals surface area contributed by atoms with Crippen molar-refractivity contribution in [1.29, 1.82) is 0 Å². The number of ether oxygens (including phenoxy) is 1. The molecule has 21 heavy (non-hydrogen) atoms. The molecule has 1 unspecified atom stereocenters. The maximum Gasteiger partial charge on any atom is 0.336 e. The van der Waals surface area contributed by atoms with Crippen molar-refractivity contribution >= 4 is 22.7 Å². The van der Waals surface area contributed by atoms with E-state index in [1.807, 2.05) is 18.2 Å². The Bertz CT molecular complexity index is 672. The number of nitrogens with zero attached hydrogens (tertiary/aromatic N) is 2. The fraction of sp³-hybridized carbons (Fsp3) is 0.375. The van der Waals surface area contributed by atoms with Crippen molar-refractivity contribution < 1.29 is 14.6 Å². The Hall–Kier alpha value is -2.14. The van der Waals surface area contributed by atoms with Gasteiger partial charge in [-0.15, -0.1) is 0 Å². The quantitative estimate of drug-likeness (QED) is 0.939. The van der Waals surface area contributed by atoms with Crippen LogP contribution in [0.25, 0.3) is 10.9 Å². The van der Waals surface area contributed by atoms with Crippen LogP contribution in [0.15, 0.2) is 30.3 Å². The fourth-order valence-electron chi connectivity index (χ4n) is 2.67. The molecule has 1 saturated heterocycles. The first-order valence-electron chi connectivity index (χ1n) is 7.18. The second kappa shape index (κ2) is 5.69. The highest BCUT2D eigenvalue weighted by Crippen LogP contribution is 2.24. The minimum Gasteiger partial charge on any atom is -0.478 e. The lowest BCUT2D eigenvalue weighted by Crippen LogP contribution is -2.42. The van der Waals surface area contributed by atoms with E-state index in [-0.39, 0.29) is 6.10 Å². The van der Waals surface area contributed by atoms with Crippen LogP contribution >= 0.6 is 0 Å². The van der Waals surface area contributed by atoms with Gasteiger partial charge in [0.15, 0.2) is 0 Å². The standard InChI is InChI=1S/C16H18N2O3/c1-2-11-10-18(7-8-21-11)15-9-13(16(19)20)12-5-3-4-6-14(12)17-15/h3-6,9,11H,2,7-8,10H2,1H3,(H,19,20). The zero-order valence-electron chi connectivity index (χ0n) is 12.0. The number of aromatic nitrogens is 1. The summed E-state index contributed by atoms with van der Waals surface area (Å²) in [5.41, 5.74) is 1.02. The fourth-order valence-corrected chi connectivity index (χ4v) is 2.67. The van der Waals surface area contributed by atoms with Gasteiger partial charge in [0.05, 0.1) is 23.8 Å². The summed E-state index contributed by atoms with van der Waals surface area (Å²) in [6, 6.07) is 9.02. The van der Waals surface area contributed by atoms with Gasteiger partial charge in [-0.2, -0.15) is 0 Å². The predicted octanol–water partition coefficient (Wildman–Crippen LogP) is 2.55. The van der Waals surface area contributed by atoms with Crippen LogP contribution in [0.3, 0.4) is 0 Å². The topological polar surface area (TPSA) is 62.7 Å². The van der Waals surface area contributed by atoms with Gasteiger partial charge in [-0.05, 0) is 18.6 Å². The Morgan fingerprint density at radius 3 is 3.05 bits per heavy atom. The van der Waals surface area contributed by atoms with Crippen molar-refractivity contribution in [2.24, 2.45) is 0 Å². The zero-order chi connectivity index (χ0) is 14.8. The van der Waals surface area contributed by atoms with Gasteiger partial charge < -0.3 is 14.7 Å². The van der Waals surface area contributed by atoms with Crippen LogP contribution in [0.1, 0.15) is 23.7 Å². The third-order valence-electron chi connectivity index (χ3n) is 3.85. The van der Waals surface area contributed by atoms with Gasteiger partial charge in [-0.25, -0.2) is 9.78 Å². The van der Waals surface area contributed by atoms with Crippen molar-refractivity contribution in [3.63, 3.8) is 0 Å². The number of rotatable bonds is 3. The lowest BCUT2D eigenvalue weighted by Gasteiger charge is -2.33. The first kappa shape index (κ1) is 13.8. The van der Waals surface area contributed by atoms with Crippen LogP contribution in [-0.4, -0.2) is 41.9 Å². The van der Waals surface area contributed by atoms with Crippen LogP contribution in [0.2, 0.25) is 0 Å². The molecule has 0 saturated carbocycles. The highest BCUT2D eigenvalue weighted by atomic mass is 16.5. The maximum absolute atomic E-state index is 11.5. The second-order valence-electron chi connectivity index (χ2n) is 5.20. The van der Waals surface area contributed by atoms with E-state index in [9.17, 15) is 9.90 Å². The van der Waals surface area contributed by atoms with Crippen LogP contribution in [0.5, 0.6) is 0 Å². The first-order valence-corrected chi connectivity index (χ1v) is 7.18. The maximum atomic E-state index is 11.5. The number of carboxylic acids is 1. The number of anilines is 1. The molecular formula is C16H18N2O3. The third kappa shape index (κ3) is 2.69. The lowest BCUT2D eigenvalue weighted by molar-refractivity contribution is 0.0382. The second-order valence-corrected chi connectivity index (χ2v) is 5.20. The highest BCUT2D eigenvalue weighted by molar-refractivity contribution is 6.03. The SMILES string of the molecule is CCC1CN(c2cc(C(=O)O)c3ccccc3n2)CCO1. The summed E-state index contributed by atoms with van der Waals surface area (Å²) in [4.78, 5) is 18.2. The van der Waals surface area contributed by atoms with Gasteiger partial charge in [-0.3, -0.25) is 0 Å². The van der Waals surface area contributed by atoms with E-state index < -0.39 is 5.97 Å². The Labute approximate surface area is 123 Å².